The molecule has 0 aliphatic carbocycles. The number of rotatable bonds is 2. The minimum absolute atomic E-state index is 0.0691. The molecular weight excluding hydrogens is 310 g/mol. The van der Waals surface area contributed by atoms with E-state index in [1.54, 1.807) is 19.3 Å². The van der Waals surface area contributed by atoms with Crippen LogP contribution in [0.4, 0.5) is 11.4 Å². The van der Waals surface area contributed by atoms with Gasteiger partial charge in [0.25, 0.3) is 0 Å². The summed E-state index contributed by atoms with van der Waals surface area (Å²) in [6.07, 6.45) is 3.38. The molecule has 1 aromatic heterocycles. The van der Waals surface area contributed by atoms with Crippen LogP contribution >= 0.6 is 11.6 Å². The van der Waals surface area contributed by atoms with Crippen molar-refractivity contribution in [3.05, 3.63) is 53.3 Å². The number of pyridine rings is 1. The highest BCUT2D eigenvalue weighted by Crippen LogP contribution is 2.42. The number of carbonyl (C=O) groups excluding carboxylic acids is 1. The summed E-state index contributed by atoms with van der Waals surface area (Å²) in [6, 6.07) is 10.1. The van der Waals surface area contributed by atoms with Gasteiger partial charge in [-0.3, -0.25) is 9.78 Å². The molecule has 2 heterocycles. The number of benzene rings is 1. The Hall–Kier alpha value is -2.07. The quantitative estimate of drug-likeness (QED) is 0.894. The van der Waals surface area contributed by atoms with Gasteiger partial charge in [0.1, 0.15) is 0 Å². The van der Waals surface area contributed by atoms with E-state index in [-0.39, 0.29) is 23.9 Å². The molecule has 5 heteroatoms. The number of fused-ring (bicyclic) bond motifs is 1. The Morgan fingerprint density at radius 3 is 2.70 bits per heavy atom. The first kappa shape index (κ1) is 15.8. The molecule has 0 bridgehead atoms. The van der Waals surface area contributed by atoms with E-state index in [9.17, 15) is 4.79 Å². The third kappa shape index (κ3) is 2.91. The number of halogens is 1. The third-order valence-electron chi connectivity index (χ3n) is 4.59. The van der Waals surface area contributed by atoms with Crippen LogP contribution in [0, 0.1) is 5.92 Å². The topological polar surface area (TPSA) is 45.2 Å². The molecule has 3 rings (SSSR count). The normalized spacial score (nSPS) is 23.3. The number of carbonyl (C=O) groups is 1. The average Bonchev–Trinajstić information content (AvgIpc) is 2.51. The molecule has 23 heavy (non-hydrogen) atoms. The minimum Gasteiger partial charge on any atom is -0.377 e. The van der Waals surface area contributed by atoms with Crippen LogP contribution in [-0.2, 0) is 4.79 Å². The lowest BCUT2D eigenvalue weighted by Gasteiger charge is -2.44. The number of hydrogen-bond donors (Lipinski definition) is 1. The van der Waals surface area contributed by atoms with Gasteiger partial charge in [-0.1, -0.05) is 36.7 Å². The van der Waals surface area contributed by atoms with Gasteiger partial charge in [-0.2, -0.15) is 0 Å². The fourth-order valence-corrected chi connectivity index (χ4v) is 3.50. The van der Waals surface area contributed by atoms with Crippen molar-refractivity contribution in [1.29, 1.82) is 0 Å². The summed E-state index contributed by atoms with van der Waals surface area (Å²) in [7, 11) is 0. The van der Waals surface area contributed by atoms with Gasteiger partial charge < -0.3 is 10.2 Å². The van der Waals surface area contributed by atoms with E-state index in [0.717, 1.165) is 16.9 Å². The molecule has 3 atom stereocenters. The largest absolute Gasteiger partial charge is 0.377 e. The summed E-state index contributed by atoms with van der Waals surface area (Å²) < 4.78 is 0. The highest BCUT2D eigenvalue weighted by atomic mass is 35.5. The molecule has 1 N–H and O–H groups in total. The molecule has 0 radical (unpaired) electrons. The second-order valence-corrected chi connectivity index (χ2v) is 6.50. The Balaban J connectivity index is 2.03. The number of amides is 1. The summed E-state index contributed by atoms with van der Waals surface area (Å²) in [6.45, 7) is 5.87. The Kier molecular flexibility index (Phi) is 4.26. The molecule has 120 valence electrons. The van der Waals surface area contributed by atoms with Crippen molar-refractivity contribution in [2.24, 2.45) is 5.92 Å². The molecule has 0 spiro atoms. The van der Waals surface area contributed by atoms with Crippen molar-refractivity contribution in [2.75, 3.05) is 10.2 Å². The Labute approximate surface area is 141 Å². The Morgan fingerprint density at radius 2 is 2.00 bits per heavy atom. The van der Waals surface area contributed by atoms with E-state index >= 15 is 0 Å². The van der Waals surface area contributed by atoms with Gasteiger partial charge in [0, 0.05) is 30.8 Å². The monoisotopic (exact) mass is 329 g/mol. The molecular formula is C18H20ClN3O. The lowest BCUT2D eigenvalue weighted by Crippen LogP contribution is -2.48. The number of para-hydroxylation sites is 1. The first-order chi connectivity index (χ1) is 11.0. The molecule has 0 saturated heterocycles. The second kappa shape index (κ2) is 6.20. The van der Waals surface area contributed by atoms with E-state index in [4.69, 9.17) is 11.6 Å². The zero-order valence-corrected chi connectivity index (χ0v) is 14.2. The van der Waals surface area contributed by atoms with E-state index in [1.807, 2.05) is 29.2 Å². The van der Waals surface area contributed by atoms with Crippen LogP contribution in [0.25, 0.3) is 0 Å². The predicted octanol–water partition coefficient (Wildman–Crippen LogP) is 4.28. The van der Waals surface area contributed by atoms with E-state index < -0.39 is 0 Å². The summed E-state index contributed by atoms with van der Waals surface area (Å²) in [5, 5.41) is 4.13. The van der Waals surface area contributed by atoms with Crippen molar-refractivity contribution in [1.82, 2.24) is 4.98 Å². The third-order valence-corrected chi connectivity index (χ3v) is 4.80. The average molecular weight is 330 g/mol. The van der Waals surface area contributed by atoms with Crippen LogP contribution in [-0.4, -0.2) is 16.9 Å². The SMILES string of the molecule is CC(=O)N1c2ccccc2C(Nc2cncc(Cl)c2)C(C)[C@@H]1C. The summed E-state index contributed by atoms with van der Waals surface area (Å²) >= 11 is 6.04. The fourth-order valence-electron chi connectivity index (χ4n) is 3.32. The first-order valence-electron chi connectivity index (χ1n) is 7.75. The van der Waals surface area contributed by atoms with Crippen molar-refractivity contribution in [3.63, 3.8) is 0 Å². The number of nitrogens with zero attached hydrogens (tertiary/aromatic N) is 2. The predicted molar refractivity (Wildman–Crippen MR) is 93.8 cm³/mol. The van der Waals surface area contributed by atoms with Crippen LogP contribution in [0.2, 0.25) is 5.02 Å². The summed E-state index contributed by atoms with van der Waals surface area (Å²) in [5.41, 5.74) is 2.97. The molecule has 1 amide bonds. The number of anilines is 2. The molecule has 1 aromatic carbocycles. The van der Waals surface area contributed by atoms with Crippen molar-refractivity contribution in [3.8, 4) is 0 Å². The van der Waals surface area contributed by atoms with Gasteiger partial charge in [0.2, 0.25) is 5.91 Å². The van der Waals surface area contributed by atoms with Crippen molar-refractivity contribution in [2.45, 2.75) is 32.9 Å². The Morgan fingerprint density at radius 1 is 1.26 bits per heavy atom. The van der Waals surface area contributed by atoms with Crippen LogP contribution in [0.15, 0.2) is 42.7 Å². The molecule has 0 fully saturated rings. The van der Waals surface area contributed by atoms with Crippen LogP contribution < -0.4 is 10.2 Å². The Bertz CT molecular complexity index is 734. The highest BCUT2D eigenvalue weighted by Gasteiger charge is 2.37. The smallest absolute Gasteiger partial charge is 0.224 e. The van der Waals surface area contributed by atoms with Gasteiger partial charge in [-0.25, -0.2) is 0 Å². The highest BCUT2D eigenvalue weighted by molar-refractivity contribution is 6.30. The van der Waals surface area contributed by atoms with E-state index in [0.29, 0.717) is 5.02 Å². The fraction of sp³-hybridized carbons (Fsp3) is 0.333. The molecule has 2 unspecified atom stereocenters. The van der Waals surface area contributed by atoms with Gasteiger partial charge >= 0.3 is 0 Å². The standard InChI is InChI=1S/C18H20ClN3O/c1-11-12(2)22(13(3)23)17-7-5-4-6-16(17)18(11)21-15-8-14(19)9-20-10-15/h4-12,18,21H,1-3H3/t11?,12-,18?/m0/s1. The van der Waals surface area contributed by atoms with Gasteiger partial charge in [-0.05, 0) is 24.6 Å². The van der Waals surface area contributed by atoms with Gasteiger partial charge in [-0.15, -0.1) is 0 Å². The number of aromatic nitrogens is 1. The second-order valence-electron chi connectivity index (χ2n) is 6.06. The zero-order chi connectivity index (χ0) is 16.6. The first-order valence-corrected chi connectivity index (χ1v) is 8.12. The van der Waals surface area contributed by atoms with Crippen LogP contribution in [0.5, 0.6) is 0 Å². The minimum atomic E-state index is 0.0691. The van der Waals surface area contributed by atoms with Crippen molar-refractivity contribution >= 4 is 28.9 Å². The lowest BCUT2D eigenvalue weighted by molar-refractivity contribution is -0.117. The summed E-state index contributed by atoms with van der Waals surface area (Å²) in [4.78, 5) is 18.1. The van der Waals surface area contributed by atoms with Crippen molar-refractivity contribution < 1.29 is 4.79 Å². The molecule has 1 aliphatic heterocycles. The maximum Gasteiger partial charge on any atom is 0.224 e. The van der Waals surface area contributed by atoms with Gasteiger partial charge in [0.05, 0.1) is 22.9 Å². The van der Waals surface area contributed by atoms with E-state index in [1.165, 1.54) is 0 Å². The molecule has 4 nitrogen and oxygen atoms in total. The maximum atomic E-state index is 12.1. The molecule has 2 aromatic rings. The van der Waals surface area contributed by atoms with Gasteiger partial charge in [0.15, 0.2) is 0 Å². The molecule has 1 aliphatic rings. The molecule has 0 saturated carbocycles. The summed E-state index contributed by atoms with van der Waals surface area (Å²) in [5.74, 6) is 0.312. The maximum absolute atomic E-state index is 12.1. The zero-order valence-electron chi connectivity index (χ0n) is 13.5. The van der Waals surface area contributed by atoms with Crippen LogP contribution in [0.3, 0.4) is 0 Å². The van der Waals surface area contributed by atoms with E-state index in [2.05, 4.69) is 30.2 Å². The lowest BCUT2D eigenvalue weighted by atomic mass is 9.82. The van der Waals surface area contributed by atoms with Crippen LogP contribution in [0.1, 0.15) is 32.4 Å². The number of hydrogen-bond acceptors (Lipinski definition) is 3. The number of nitrogens with one attached hydrogen (secondary N) is 1.